The number of hydrogen-bond acceptors (Lipinski definition) is 8. The molecule has 3 N–H and O–H groups in total. The summed E-state index contributed by atoms with van der Waals surface area (Å²) < 4.78 is 18.2. The maximum absolute atomic E-state index is 12.3. The quantitative estimate of drug-likeness (QED) is 0.108. The maximum Gasteiger partial charge on any atom is 0.303 e. The largest absolute Gasteiger partial charge is 0.453 e. The molecule has 4 aromatic carbocycles. The third kappa shape index (κ3) is 9.79. The lowest BCUT2D eigenvalue weighted by atomic mass is 9.91. The number of ether oxygens (including phenoxy) is 3. The molecule has 0 aliphatic carbocycles. The molecule has 0 saturated carbocycles. The molecule has 5 atom stereocenters. The van der Waals surface area contributed by atoms with Crippen molar-refractivity contribution in [1.82, 2.24) is 5.32 Å². The Hall–Kier alpha value is -4.48. The first-order valence-electron chi connectivity index (χ1n) is 16.2. The monoisotopic (exact) mass is 682 g/mol. The van der Waals surface area contributed by atoms with Gasteiger partial charge < -0.3 is 30.0 Å². The predicted octanol–water partition coefficient (Wildman–Crippen LogP) is 6.96. The van der Waals surface area contributed by atoms with Gasteiger partial charge in [-0.2, -0.15) is 0 Å². The Labute approximate surface area is 291 Å². The third-order valence-electron chi connectivity index (χ3n) is 8.33. The maximum atomic E-state index is 12.3. The third-order valence-corrected chi connectivity index (χ3v) is 9.43. The Balaban J connectivity index is 1.30. The molecule has 1 fully saturated rings. The van der Waals surface area contributed by atoms with Crippen LogP contribution in [0.3, 0.4) is 0 Å². The van der Waals surface area contributed by atoms with E-state index in [1.165, 1.54) is 13.8 Å². The molecule has 0 radical (unpaired) electrons. The zero-order chi connectivity index (χ0) is 34.9. The zero-order valence-corrected chi connectivity index (χ0v) is 28.9. The van der Waals surface area contributed by atoms with Gasteiger partial charge in [0.2, 0.25) is 5.91 Å². The van der Waals surface area contributed by atoms with E-state index in [2.05, 4.69) is 17.6 Å². The van der Waals surface area contributed by atoms with Crippen molar-refractivity contribution in [3.8, 4) is 11.1 Å². The minimum Gasteiger partial charge on any atom is -0.453 e. The number of benzene rings is 4. The number of amides is 2. The van der Waals surface area contributed by atoms with Crippen molar-refractivity contribution in [1.29, 1.82) is 0 Å². The number of carbonyl (C=O) groups excluding carboxylic acids is 3. The Kier molecular flexibility index (Phi) is 12.2. The number of anilines is 1. The summed E-state index contributed by atoms with van der Waals surface area (Å²) in [6.07, 6.45) is -1.81. The molecule has 0 bridgehead atoms. The highest BCUT2D eigenvalue weighted by Crippen LogP contribution is 2.43. The van der Waals surface area contributed by atoms with Crippen LogP contribution in [-0.2, 0) is 41.7 Å². The molecule has 1 aliphatic heterocycles. The fourth-order valence-electron chi connectivity index (χ4n) is 5.65. The van der Waals surface area contributed by atoms with Gasteiger partial charge in [0.15, 0.2) is 12.4 Å². The van der Waals surface area contributed by atoms with Gasteiger partial charge in [-0.1, -0.05) is 73.7 Å². The summed E-state index contributed by atoms with van der Waals surface area (Å²) in [5.41, 5.74) is 6.42. The van der Waals surface area contributed by atoms with Crippen molar-refractivity contribution in [2.45, 2.75) is 70.3 Å². The normalized spacial score (nSPS) is 19.4. The number of carbonyl (C=O) groups is 3. The van der Waals surface area contributed by atoms with Crippen LogP contribution in [0, 0.1) is 5.92 Å². The number of nitrogens with one attached hydrogen (secondary N) is 2. The Bertz CT molecular complexity index is 1730. The first-order chi connectivity index (χ1) is 23.6. The lowest BCUT2D eigenvalue weighted by Gasteiger charge is -2.41. The number of hydrogen-bond donors (Lipinski definition) is 3. The minimum atomic E-state index is -0.860. The van der Waals surface area contributed by atoms with Crippen LogP contribution < -0.4 is 10.6 Å². The molecular formula is C39H42N2O7S. The summed E-state index contributed by atoms with van der Waals surface area (Å²) in [5, 5.41) is 15.2. The molecular weight excluding hydrogens is 641 g/mol. The number of thioether (sulfide) groups is 1. The highest BCUT2D eigenvalue weighted by Gasteiger charge is 2.38. The zero-order valence-electron chi connectivity index (χ0n) is 28.1. The summed E-state index contributed by atoms with van der Waals surface area (Å²) in [7, 11) is 0. The van der Waals surface area contributed by atoms with Crippen LogP contribution in [0.25, 0.3) is 11.1 Å². The molecule has 1 saturated heterocycles. The Morgan fingerprint density at radius 1 is 0.857 bits per heavy atom. The van der Waals surface area contributed by atoms with Gasteiger partial charge in [0.1, 0.15) is 0 Å². The van der Waals surface area contributed by atoms with Crippen LogP contribution in [0.15, 0.2) is 102 Å². The first kappa shape index (κ1) is 35.8. The second-order valence-corrected chi connectivity index (χ2v) is 13.2. The lowest BCUT2D eigenvalue weighted by Crippen LogP contribution is -2.38. The molecule has 1 heterocycles. The average Bonchev–Trinajstić information content (AvgIpc) is 3.10. The van der Waals surface area contributed by atoms with Crippen LogP contribution in [0.2, 0.25) is 0 Å². The SMILES string of the molecule is CC(=O)Nc1ccc(SC[C@@H]2O[C@H](c3ccc(-c4cccc(CNC(=O)[C@H](C)OC(C)=O)c4)cc3)O[C@H](c3ccc(CO)cc3)[C@@H]2C)cc1. The van der Waals surface area contributed by atoms with Gasteiger partial charge in [-0.3, -0.25) is 14.4 Å². The van der Waals surface area contributed by atoms with Gasteiger partial charge in [-0.05, 0) is 65.1 Å². The van der Waals surface area contributed by atoms with Gasteiger partial charge in [-0.25, -0.2) is 0 Å². The minimum absolute atomic E-state index is 0.0216. The van der Waals surface area contributed by atoms with Crippen molar-refractivity contribution in [3.05, 3.63) is 119 Å². The Morgan fingerprint density at radius 3 is 2.20 bits per heavy atom. The highest BCUT2D eigenvalue weighted by molar-refractivity contribution is 7.99. The molecule has 2 amide bonds. The molecule has 0 spiro atoms. The average molecular weight is 683 g/mol. The predicted molar refractivity (Wildman–Crippen MR) is 189 cm³/mol. The fourth-order valence-corrected chi connectivity index (χ4v) is 6.72. The van der Waals surface area contributed by atoms with Gasteiger partial charge in [0.25, 0.3) is 5.91 Å². The second-order valence-electron chi connectivity index (χ2n) is 12.1. The summed E-state index contributed by atoms with van der Waals surface area (Å²) in [5.74, 6) is -0.218. The van der Waals surface area contributed by atoms with Crippen LogP contribution in [0.1, 0.15) is 62.3 Å². The summed E-state index contributed by atoms with van der Waals surface area (Å²) >= 11 is 1.70. The smallest absolute Gasteiger partial charge is 0.303 e. The summed E-state index contributed by atoms with van der Waals surface area (Å²) in [6, 6.07) is 31.6. The molecule has 4 aromatic rings. The molecule has 0 aromatic heterocycles. The van der Waals surface area contributed by atoms with E-state index in [0.717, 1.165) is 44.0 Å². The van der Waals surface area contributed by atoms with Gasteiger partial charge in [-0.15, -0.1) is 11.8 Å². The molecule has 5 rings (SSSR count). The van der Waals surface area contributed by atoms with E-state index < -0.39 is 18.4 Å². The highest BCUT2D eigenvalue weighted by atomic mass is 32.2. The number of aliphatic hydroxyl groups excluding tert-OH is 1. The molecule has 256 valence electrons. The Morgan fingerprint density at radius 2 is 1.55 bits per heavy atom. The molecule has 9 nitrogen and oxygen atoms in total. The van der Waals surface area contributed by atoms with E-state index >= 15 is 0 Å². The lowest BCUT2D eigenvalue weighted by molar-refractivity contribution is -0.268. The van der Waals surface area contributed by atoms with Gasteiger partial charge in [0, 0.05) is 48.2 Å². The van der Waals surface area contributed by atoms with Crippen LogP contribution in [0.5, 0.6) is 0 Å². The van der Waals surface area contributed by atoms with Crippen molar-refractivity contribution in [3.63, 3.8) is 0 Å². The van der Waals surface area contributed by atoms with Crippen LogP contribution >= 0.6 is 11.8 Å². The van der Waals surface area contributed by atoms with Crippen molar-refractivity contribution in [2.75, 3.05) is 11.1 Å². The van der Waals surface area contributed by atoms with E-state index in [1.54, 1.807) is 18.7 Å². The molecule has 10 heteroatoms. The van der Waals surface area contributed by atoms with E-state index in [9.17, 15) is 19.5 Å². The number of esters is 1. The molecule has 0 unspecified atom stereocenters. The van der Waals surface area contributed by atoms with Gasteiger partial charge >= 0.3 is 5.97 Å². The summed E-state index contributed by atoms with van der Waals surface area (Å²) in [4.78, 5) is 36.0. The standard InChI is InChI=1S/C39H42N2O7S/c1-24-36(23-49-35-18-16-34(17-19-35)41-26(3)43)47-39(48-37(24)31-10-8-28(22-42)9-11-31)32-14-12-30(13-15-32)33-7-5-6-29(20-33)21-40-38(45)25(2)46-27(4)44/h5-20,24-25,36-37,39,42H,21-23H2,1-4H3,(H,40,45)(H,41,43)/t24-,25+,36+,37+,39+/m1/s1. The van der Waals surface area contributed by atoms with E-state index in [-0.39, 0.29) is 36.5 Å². The van der Waals surface area contributed by atoms with Crippen molar-refractivity contribution in [2.24, 2.45) is 5.92 Å². The van der Waals surface area contributed by atoms with E-state index in [0.29, 0.717) is 12.3 Å². The number of aliphatic hydroxyl groups is 1. The van der Waals surface area contributed by atoms with E-state index in [1.807, 2.05) is 97.1 Å². The van der Waals surface area contributed by atoms with Crippen molar-refractivity contribution < 1.29 is 33.7 Å². The number of rotatable bonds is 12. The van der Waals surface area contributed by atoms with Gasteiger partial charge in [0.05, 0.1) is 18.8 Å². The fraction of sp³-hybridized carbons (Fsp3) is 0.308. The van der Waals surface area contributed by atoms with E-state index in [4.69, 9.17) is 14.2 Å². The topological polar surface area (TPSA) is 123 Å². The van der Waals surface area contributed by atoms with Crippen molar-refractivity contribution >= 4 is 35.2 Å². The molecule has 1 aliphatic rings. The molecule has 49 heavy (non-hydrogen) atoms. The van der Waals surface area contributed by atoms with Crippen LogP contribution in [-0.4, -0.2) is 40.9 Å². The second kappa shape index (κ2) is 16.8. The first-order valence-corrected chi connectivity index (χ1v) is 17.2. The van der Waals surface area contributed by atoms with Crippen LogP contribution in [0.4, 0.5) is 5.69 Å². The summed E-state index contributed by atoms with van der Waals surface area (Å²) in [6.45, 7) is 6.73.